The molecule has 2 aromatic carbocycles. The Morgan fingerprint density at radius 3 is 2.93 bits per heavy atom. The number of anilines is 1. The van der Waals surface area contributed by atoms with Gasteiger partial charge >= 0.3 is 0 Å². The van der Waals surface area contributed by atoms with Crippen LogP contribution in [0.5, 0.6) is 0 Å². The molecule has 0 atom stereocenters. The minimum absolute atomic E-state index is 0.649. The van der Waals surface area contributed by atoms with E-state index in [1.807, 2.05) is 42.5 Å². The third kappa shape index (κ3) is 3.75. The maximum atomic E-state index is 6.05. The summed E-state index contributed by atoms with van der Waals surface area (Å²) >= 11 is 11.1. The lowest BCUT2D eigenvalue weighted by atomic mass is 10.2. The second-order valence-electron chi connectivity index (χ2n) is 6.40. The second-order valence-corrected chi connectivity index (χ2v) is 8.82. The summed E-state index contributed by atoms with van der Waals surface area (Å²) in [6.07, 6.45) is 1.78. The molecule has 0 radical (unpaired) electrons. The fourth-order valence-corrected chi connectivity index (χ4v) is 4.36. The molecule has 3 aromatic heterocycles. The average Bonchev–Trinajstić information content (AvgIpc) is 3.08. The summed E-state index contributed by atoms with van der Waals surface area (Å²) in [7, 11) is 0. The fraction of sp³-hybridized carbons (Fsp3) is 0.100. The Kier molecular flexibility index (Phi) is 4.99. The van der Waals surface area contributed by atoms with Crippen LogP contribution in [0.25, 0.3) is 33.0 Å². The van der Waals surface area contributed by atoms with Crippen LogP contribution in [0, 0.1) is 0 Å². The zero-order chi connectivity index (χ0) is 19.8. The van der Waals surface area contributed by atoms with E-state index in [0.29, 0.717) is 10.2 Å². The van der Waals surface area contributed by atoms with Crippen LogP contribution in [-0.2, 0) is 0 Å². The fourth-order valence-electron chi connectivity index (χ4n) is 3.19. The molecule has 6 nitrogen and oxygen atoms in total. The summed E-state index contributed by atoms with van der Waals surface area (Å²) < 4.78 is 1.00. The van der Waals surface area contributed by atoms with Gasteiger partial charge in [-0.15, -0.1) is 10.2 Å². The molecular formula is C20H14BrClN6S. The first-order chi connectivity index (χ1) is 14.2. The molecule has 0 amide bonds. The minimum Gasteiger partial charge on any atom is -0.384 e. The molecule has 2 N–H and O–H groups in total. The van der Waals surface area contributed by atoms with Crippen molar-refractivity contribution in [3.05, 3.63) is 58.2 Å². The van der Waals surface area contributed by atoms with Gasteiger partial charge in [0.25, 0.3) is 0 Å². The molecule has 0 aliphatic carbocycles. The number of benzene rings is 2. The first-order valence-corrected chi connectivity index (χ1v) is 11.1. The zero-order valence-corrected chi connectivity index (χ0v) is 18.1. The lowest BCUT2D eigenvalue weighted by Crippen LogP contribution is -2.05. The first kappa shape index (κ1) is 18.6. The van der Waals surface area contributed by atoms with E-state index in [9.17, 15) is 0 Å². The Labute approximate surface area is 183 Å². The summed E-state index contributed by atoms with van der Waals surface area (Å²) in [6, 6.07) is 13.7. The van der Waals surface area contributed by atoms with Crippen molar-refractivity contribution in [2.24, 2.45) is 0 Å². The number of nitrogens with zero attached hydrogens (tertiary/aromatic N) is 4. The van der Waals surface area contributed by atoms with Gasteiger partial charge in [-0.05, 0) is 42.5 Å². The van der Waals surface area contributed by atoms with Crippen molar-refractivity contribution in [1.29, 1.82) is 0 Å². The highest BCUT2D eigenvalue weighted by molar-refractivity contribution is 9.10. The molecule has 0 unspecified atom stereocenters. The number of aromatic amines is 1. The number of hydrogen-bond acceptors (Lipinski definition) is 6. The Balaban J connectivity index is 1.28. The van der Waals surface area contributed by atoms with E-state index in [-0.39, 0.29) is 0 Å². The number of rotatable bonds is 5. The summed E-state index contributed by atoms with van der Waals surface area (Å²) in [4.78, 5) is 12.3. The van der Waals surface area contributed by atoms with Gasteiger partial charge in [-0.25, -0.2) is 4.98 Å². The number of nitrogens with one attached hydrogen (secondary N) is 2. The molecular weight excluding hydrogens is 472 g/mol. The SMILES string of the molecule is Clc1ccc2c(NCCSc3nnc4c(n3)[nH]c3ccc(Br)cc34)ccnc2c1. The smallest absolute Gasteiger partial charge is 0.211 e. The van der Waals surface area contributed by atoms with E-state index >= 15 is 0 Å². The Hall–Kier alpha value is -2.42. The van der Waals surface area contributed by atoms with Gasteiger partial charge in [-0.3, -0.25) is 4.98 Å². The molecule has 5 rings (SSSR count). The number of hydrogen-bond donors (Lipinski definition) is 2. The standard InChI is InChI=1S/C20H14BrClN6S/c21-11-1-4-16-14(9-11)18-19(25-16)26-20(28-27-18)29-8-7-24-15-5-6-23-17-10-12(22)2-3-13(15)17/h1-6,9-10H,7-8H2,(H,23,24)(H,25,26,28). The van der Waals surface area contributed by atoms with Crippen molar-refractivity contribution in [3.63, 3.8) is 0 Å². The summed E-state index contributed by atoms with van der Waals surface area (Å²) in [6.45, 7) is 0.757. The highest BCUT2D eigenvalue weighted by Crippen LogP contribution is 2.27. The number of thioether (sulfide) groups is 1. The van der Waals surface area contributed by atoms with Crippen LogP contribution in [0.4, 0.5) is 5.69 Å². The molecule has 29 heavy (non-hydrogen) atoms. The van der Waals surface area contributed by atoms with Gasteiger partial charge in [0.1, 0.15) is 5.52 Å². The van der Waals surface area contributed by atoms with Crippen LogP contribution in [0.15, 0.2) is 58.3 Å². The third-order valence-electron chi connectivity index (χ3n) is 4.51. The molecule has 0 saturated heterocycles. The molecule has 0 spiro atoms. The Bertz CT molecular complexity index is 1360. The van der Waals surface area contributed by atoms with Crippen LogP contribution in [0.2, 0.25) is 5.02 Å². The van der Waals surface area contributed by atoms with Gasteiger partial charge in [0.15, 0.2) is 5.65 Å². The van der Waals surface area contributed by atoms with Crippen molar-refractivity contribution >= 4 is 77.9 Å². The van der Waals surface area contributed by atoms with Crippen LogP contribution < -0.4 is 5.32 Å². The summed E-state index contributed by atoms with van der Waals surface area (Å²) in [5.41, 5.74) is 4.44. The summed E-state index contributed by atoms with van der Waals surface area (Å²) in [5, 5.41) is 15.5. The maximum Gasteiger partial charge on any atom is 0.211 e. The highest BCUT2D eigenvalue weighted by Gasteiger charge is 2.10. The predicted molar refractivity (Wildman–Crippen MR) is 123 cm³/mol. The normalized spacial score (nSPS) is 11.5. The van der Waals surface area contributed by atoms with E-state index in [4.69, 9.17) is 11.6 Å². The van der Waals surface area contributed by atoms with Crippen LogP contribution in [0.1, 0.15) is 0 Å². The number of fused-ring (bicyclic) bond motifs is 4. The van der Waals surface area contributed by atoms with Crippen LogP contribution in [-0.4, -0.2) is 37.4 Å². The van der Waals surface area contributed by atoms with E-state index < -0.39 is 0 Å². The zero-order valence-electron chi connectivity index (χ0n) is 15.0. The minimum atomic E-state index is 0.649. The maximum absolute atomic E-state index is 6.05. The second kappa shape index (κ2) is 7.78. The van der Waals surface area contributed by atoms with Gasteiger partial charge in [0, 0.05) is 50.0 Å². The molecule has 0 aliphatic rings. The van der Waals surface area contributed by atoms with Crippen molar-refractivity contribution in [1.82, 2.24) is 25.1 Å². The number of H-pyrrole nitrogens is 1. The van der Waals surface area contributed by atoms with Gasteiger partial charge in [-0.1, -0.05) is 39.3 Å². The molecule has 0 saturated carbocycles. The van der Waals surface area contributed by atoms with E-state index in [1.165, 1.54) is 0 Å². The van der Waals surface area contributed by atoms with Crippen molar-refractivity contribution < 1.29 is 0 Å². The molecule has 0 fully saturated rings. The monoisotopic (exact) mass is 484 g/mol. The van der Waals surface area contributed by atoms with Crippen molar-refractivity contribution in [3.8, 4) is 0 Å². The molecule has 3 heterocycles. The Morgan fingerprint density at radius 2 is 2.00 bits per heavy atom. The molecule has 0 aliphatic heterocycles. The van der Waals surface area contributed by atoms with Crippen molar-refractivity contribution in [2.75, 3.05) is 17.6 Å². The van der Waals surface area contributed by atoms with E-state index in [0.717, 1.165) is 55.4 Å². The lowest BCUT2D eigenvalue weighted by Gasteiger charge is -2.09. The number of aromatic nitrogens is 5. The lowest BCUT2D eigenvalue weighted by molar-refractivity contribution is 0.878. The van der Waals surface area contributed by atoms with Gasteiger partial charge < -0.3 is 10.3 Å². The van der Waals surface area contributed by atoms with Crippen LogP contribution >= 0.6 is 39.3 Å². The molecule has 0 bridgehead atoms. The topological polar surface area (TPSA) is 79.4 Å². The largest absolute Gasteiger partial charge is 0.384 e. The molecule has 5 aromatic rings. The van der Waals surface area contributed by atoms with E-state index in [1.54, 1.807) is 18.0 Å². The highest BCUT2D eigenvalue weighted by atomic mass is 79.9. The average molecular weight is 486 g/mol. The van der Waals surface area contributed by atoms with Crippen molar-refractivity contribution in [2.45, 2.75) is 5.16 Å². The van der Waals surface area contributed by atoms with Gasteiger partial charge in [-0.2, -0.15) is 0 Å². The molecule has 9 heteroatoms. The quantitative estimate of drug-likeness (QED) is 0.246. The number of pyridine rings is 1. The first-order valence-electron chi connectivity index (χ1n) is 8.90. The van der Waals surface area contributed by atoms with E-state index in [2.05, 4.69) is 46.4 Å². The summed E-state index contributed by atoms with van der Waals surface area (Å²) in [5.74, 6) is 0.802. The number of halogens is 2. The molecule has 144 valence electrons. The third-order valence-corrected chi connectivity index (χ3v) is 6.08. The predicted octanol–water partition coefficient (Wildman–Crippen LogP) is 5.67. The van der Waals surface area contributed by atoms with Gasteiger partial charge in [0.05, 0.1) is 5.52 Å². The van der Waals surface area contributed by atoms with Crippen LogP contribution in [0.3, 0.4) is 0 Å². The Morgan fingerprint density at radius 1 is 1.07 bits per heavy atom. The van der Waals surface area contributed by atoms with Gasteiger partial charge in [0.2, 0.25) is 5.16 Å².